The summed E-state index contributed by atoms with van der Waals surface area (Å²) in [7, 11) is 2.95. The SMILES string of the molecule is COC(=O)c1ccc(C(=O)CCN)n1C. The monoisotopic (exact) mass is 210 g/mol. The van der Waals surface area contributed by atoms with Crippen molar-refractivity contribution in [1.82, 2.24) is 4.57 Å². The Hall–Kier alpha value is -1.62. The number of methoxy groups -OCH3 is 1. The lowest BCUT2D eigenvalue weighted by Gasteiger charge is -2.04. The van der Waals surface area contributed by atoms with Crippen LogP contribution >= 0.6 is 0 Å². The first-order valence-electron chi connectivity index (χ1n) is 4.59. The van der Waals surface area contributed by atoms with Crippen LogP contribution in [0.3, 0.4) is 0 Å². The molecule has 1 aromatic rings. The number of esters is 1. The number of Topliss-reactive ketones (excluding diaryl/α,β-unsaturated/α-hetero) is 1. The van der Waals surface area contributed by atoms with Crippen molar-refractivity contribution in [3.8, 4) is 0 Å². The summed E-state index contributed by atoms with van der Waals surface area (Å²) in [6.45, 7) is 0.303. The van der Waals surface area contributed by atoms with E-state index in [1.165, 1.54) is 11.7 Å². The molecule has 82 valence electrons. The molecular weight excluding hydrogens is 196 g/mol. The fraction of sp³-hybridized carbons (Fsp3) is 0.400. The van der Waals surface area contributed by atoms with Gasteiger partial charge in [0.2, 0.25) is 0 Å². The fourth-order valence-corrected chi connectivity index (χ4v) is 1.36. The van der Waals surface area contributed by atoms with Gasteiger partial charge in [-0.1, -0.05) is 0 Å². The van der Waals surface area contributed by atoms with E-state index in [9.17, 15) is 9.59 Å². The maximum atomic E-state index is 11.5. The van der Waals surface area contributed by atoms with E-state index < -0.39 is 5.97 Å². The van der Waals surface area contributed by atoms with E-state index in [1.807, 2.05) is 0 Å². The van der Waals surface area contributed by atoms with Crippen molar-refractivity contribution in [2.75, 3.05) is 13.7 Å². The Kier molecular flexibility index (Phi) is 3.62. The van der Waals surface area contributed by atoms with Crippen LogP contribution in [0.4, 0.5) is 0 Å². The van der Waals surface area contributed by atoms with Gasteiger partial charge in [0.25, 0.3) is 0 Å². The number of nitrogens with zero attached hydrogens (tertiary/aromatic N) is 1. The summed E-state index contributed by atoms with van der Waals surface area (Å²) in [6, 6.07) is 3.17. The highest BCUT2D eigenvalue weighted by Crippen LogP contribution is 2.10. The molecule has 15 heavy (non-hydrogen) atoms. The van der Waals surface area contributed by atoms with Gasteiger partial charge in [0.1, 0.15) is 5.69 Å². The van der Waals surface area contributed by atoms with Gasteiger partial charge in [0, 0.05) is 13.5 Å². The molecule has 0 spiro atoms. The van der Waals surface area contributed by atoms with E-state index in [4.69, 9.17) is 5.73 Å². The number of nitrogens with two attached hydrogens (primary N) is 1. The molecule has 0 aromatic carbocycles. The minimum Gasteiger partial charge on any atom is -0.464 e. The standard InChI is InChI=1S/C10H14N2O3/c1-12-7(9(13)5-6-11)3-4-8(12)10(14)15-2/h3-4H,5-6,11H2,1-2H3. The van der Waals surface area contributed by atoms with Gasteiger partial charge in [-0.05, 0) is 18.7 Å². The van der Waals surface area contributed by atoms with Crippen LogP contribution in [0.5, 0.6) is 0 Å². The number of aromatic nitrogens is 1. The van der Waals surface area contributed by atoms with Gasteiger partial charge in [-0.15, -0.1) is 0 Å². The summed E-state index contributed by atoms with van der Waals surface area (Å²) < 4.78 is 6.09. The first-order valence-corrected chi connectivity index (χ1v) is 4.59. The maximum Gasteiger partial charge on any atom is 0.354 e. The summed E-state index contributed by atoms with van der Waals surface area (Å²) in [4.78, 5) is 22.8. The smallest absolute Gasteiger partial charge is 0.354 e. The van der Waals surface area contributed by atoms with Crippen LogP contribution in [0.1, 0.15) is 27.4 Å². The molecule has 1 aromatic heterocycles. The van der Waals surface area contributed by atoms with Gasteiger partial charge in [0.15, 0.2) is 5.78 Å². The molecule has 0 aliphatic carbocycles. The molecule has 1 heterocycles. The second kappa shape index (κ2) is 4.75. The van der Waals surface area contributed by atoms with E-state index in [1.54, 1.807) is 19.2 Å². The van der Waals surface area contributed by atoms with Gasteiger partial charge in [-0.2, -0.15) is 0 Å². The fourth-order valence-electron chi connectivity index (χ4n) is 1.36. The zero-order chi connectivity index (χ0) is 11.4. The molecule has 5 nitrogen and oxygen atoms in total. The minimum absolute atomic E-state index is 0.0739. The van der Waals surface area contributed by atoms with E-state index in [2.05, 4.69) is 4.74 Å². The first kappa shape index (κ1) is 11.5. The molecule has 0 atom stereocenters. The van der Waals surface area contributed by atoms with Gasteiger partial charge in [-0.3, -0.25) is 4.79 Å². The number of ether oxygens (including phenoxy) is 1. The van der Waals surface area contributed by atoms with E-state index in [-0.39, 0.29) is 12.2 Å². The normalized spacial score (nSPS) is 10.1. The van der Waals surface area contributed by atoms with Crippen LogP contribution in [0.15, 0.2) is 12.1 Å². The predicted molar refractivity (Wildman–Crippen MR) is 54.8 cm³/mol. The average molecular weight is 210 g/mol. The second-order valence-corrected chi connectivity index (χ2v) is 3.12. The summed E-state index contributed by atoms with van der Waals surface area (Å²) in [5.74, 6) is -0.528. The van der Waals surface area contributed by atoms with Crippen molar-refractivity contribution >= 4 is 11.8 Å². The molecule has 5 heteroatoms. The van der Waals surface area contributed by atoms with E-state index in [0.29, 0.717) is 17.9 Å². The Morgan fingerprint density at radius 1 is 1.40 bits per heavy atom. The van der Waals surface area contributed by atoms with Crippen molar-refractivity contribution in [2.24, 2.45) is 12.8 Å². The van der Waals surface area contributed by atoms with Crippen molar-refractivity contribution in [1.29, 1.82) is 0 Å². The molecule has 0 aliphatic rings. The highest BCUT2D eigenvalue weighted by Gasteiger charge is 2.16. The van der Waals surface area contributed by atoms with Crippen LogP contribution in [-0.2, 0) is 11.8 Å². The summed E-state index contributed by atoms with van der Waals surface area (Å²) in [6.07, 6.45) is 0.276. The largest absolute Gasteiger partial charge is 0.464 e. The average Bonchev–Trinajstić information content (AvgIpc) is 2.59. The summed E-state index contributed by atoms with van der Waals surface area (Å²) in [5, 5.41) is 0. The van der Waals surface area contributed by atoms with Crippen LogP contribution in [-0.4, -0.2) is 30.0 Å². The van der Waals surface area contributed by atoms with Crippen molar-refractivity contribution in [2.45, 2.75) is 6.42 Å². The molecule has 0 amide bonds. The quantitative estimate of drug-likeness (QED) is 0.574. The second-order valence-electron chi connectivity index (χ2n) is 3.12. The lowest BCUT2D eigenvalue weighted by atomic mass is 10.2. The highest BCUT2D eigenvalue weighted by atomic mass is 16.5. The molecule has 2 N–H and O–H groups in total. The van der Waals surface area contributed by atoms with Gasteiger partial charge >= 0.3 is 5.97 Å². The lowest BCUT2D eigenvalue weighted by molar-refractivity contribution is 0.0590. The molecular formula is C10H14N2O3. The van der Waals surface area contributed by atoms with Gasteiger partial charge < -0.3 is 15.0 Å². The van der Waals surface area contributed by atoms with Crippen LogP contribution in [0.2, 0.25) is 0 Å². The Morgan fingerprint density at radius 3 is 2.53 bits per heavy atom. The molecule has 0 radical (unpaired) electrons. The Balaban J connectivity index is 2.98. The van der Waals surface area contributed by atoms with E-state index >= 15 is 0 Å². The molecule has 0 bridgehead atoms. The van der Waals surface area contributed by atoms with Crippen molar-refractivity contribution in [3.63, 3.8) is 0 Å². The van der Waals surface area contributed by atoms with Crippen molar-refractivity contribution in [3.05, 3.63) is 23.5 Å². The molecule has 0 saturated carbocycles. The third kappa shape index (κ3) is 2.24. The lowest BCUT2D eigenvalue weighted by Crippen LogP contribution is -2.14. The van der Waals surface area contributed by atoms with Crippen LogP contribution in [0, 0.1) is 0 Å². The number of ketones is 1. The zero-order valence-electron chi connectivity index (χ0n) is 8.82. The Morgan fingerprint density at radius 2 is 2.00 bits per heavy atom. The Bertz CT molecular complexity index is 382. The number of hydrogen-bond acceptors (Lipinski definition) is 4. The molecule has 0 saturated heterocycles. The van der Waals surface area contributed by atoms with Gasteiger partial charge in [0.05, 0.1) is 12.8 Å². The number of carbonyl (C=O) groups is 2. The summed E-state index contributed by atoms with van der Waals surface area (Å²) >= 11 is 0. The van der Waals surface area contributed by atoms with Crippen LogP contribution < -0.4 is 5.73 Å². The zero-order valence-corrected chi connectivity index (χ0v) is 8.82. The van der Waals surface area contributed by atoms with Crippen molar-refractivity contribution < 1.29 is 14.3 Å². The van der Waals surface area contributed by atoms with E-state index in [0.717, 1.165) is 0 Å². The molecule has 1 rings (SSSR count). The Labute approximate surface area is 87.8 Å². The third-order valence-electron chi connectivity index (χ3n) is 2.17. The molecule has 0 fully saturated rings. The maximum absolute atomic E-state index is 11.5. The number of carbonyl (C=O) groups excluding carboxylic acids is 2. The molecule has 0 unspecified atom stereocenters. The first-order chi connectivity index (χ1) is 7.11. The summed E-state index contributed by atoms with van der Waals surface area (Å²) in [5.41, 5.74) is 6.12. The van der Waals surface area contributed by atoms with Gasteiger partial charge in [-0.25, -0.2) is 4.79 Å². The topological polar surface area (TPSA) is 74.3 Å². The molecule has 0 aliphatic heterocycles. The predicted octanol–water partition coefficient (Wildman–Crippen LogP) is 0.343. The highest BCUT2D eigenvalue weighted by molar-refractivity contribution is 5.97. The number of hydrogen-bond donors (Lipinski definition) is 1. The minimum atomic E-state index is -0.454. The number of rotatable bonds is 4. The third-order valence-corrected chi connectivity index (χ3v) is 2.17. The van der Waals surface area contributed by atoms with Crippen LogP contribution in [0.25, 0.3) is 0 Å².